The lowest BCUT2D eigenvalue weighted by Gasteiger charge is -2.43. The van der Waals surface area contributed by atoms with Crippen LogP contribution in [0.3, 0.4) is 0 Å². The molecule has 1 aliphatic heterocycles. The zero-order chi connectivity index (χ0) is 27.2. The number of fused-ring (bicyclic) bond motifs is 1. The number of rotatable bonds is 15. The van der Waals surface area contributed by atoms with Crippen LogP contribution < -0.4 is 0 Å². The molecule has 1 heterocycles. The van der Waals surface area contributed by atoms with Gasteiger partial charge in [0.05, 0.1) is 6.67 Å². The third kappa shape index (κ3) is 10.1. The summed E-state index contributed by atoms with van der Waals surface area (Å²) in [5.74, 6) is 2.78. The molecule has 2 N–H and O–H groups in total. The van der Waals surface area contributed by atoms with Gasteiger partial charge >= 0.3 is 0 Å². The molecule has 2 aromatic carbocycles. The summed E-state index contributed by atoms with van der Waals surface area (Å²) in [7, 11) is 0. The fraction of sp³-hybridized carbons (Fsp3) is 0.647. The van der Waals surface area contributed by atoms with Crippen LogP contribution in [0.1, 0.15) is 127 Å². The Morgan fingerprint density at radius 2 is 1.39 bits per heavy atom. The van der Waals surface area contributed by atoms with Gasteiger partial charge in [0.1, 0.15) is 11.5 Å². The van der Waals surface area contributed by atoms with Crippen molar-refractivity contribution in [3.63, 3.8) is 0 Å². The van der Waals surface area contributed by atoms with Gasteiger partial charge < -0.3 is 10.2 Å². The largest absolute Gasteiger partial charge is 0.508 e. The van der Waals surface area contributed by atoms with Crippen molar-refractivity contribution in [3.05, 3.63) is 53.6 Å². The predicted molar refractivity (Wildman–Crippen MR) is 161 cm³/mol. The number of phenolic OH excluding ortho intramolecular Hbond substituents is 2. The Morgan fingerprint density at radius 3 is 2.03 bits per heavy atom. The smallest absolute Gasteiger partial charge is 0.116 e. The van der Waals surface area contributed by atoms with E-state index < -0.39 is 0 Å². The lowest BCUT2D eigenvalue weighted by atomic mass is 9.68. The molecule has 38 heavy (non-hydrogen) atoms. The van der Waals surface area contributed by atoms with E-state index >= 15 is 0 Å². The molecule has 2 aromatic rings. The van der Waals surface area contributed by atoms with E-state index in [9.17, 15) is 14.6 Å². The fourth-order valence-corrected chi connectivity index (χ4v) is 7.07. The van der Waals surface area contributed by atoms with Gasteiger partial charge in [-0.2, -0.15) is 0 Å². The van der Waals surface area contributed by atoms with E-state index in [-0.39, 0.29) is 12.1 Å². The monoisotopic (exact) mass is 542 g/mol. The van der Waals surface area contributed by atoms with Crippen LogP contribution in [0.2, 0.25) is 0 Å². The maximum atomic E-state index is 12.2. The fourth-order valence-electron chi connectivity index (χ4n) is 5.66. The van der Waals surface area contributed by atoms with E-state index in [0.717, 1.165) is 30.9 Å². The maximum Gasteiger partial charge on any atom is 0.116 e. The number of hydrogen-bond acceptors (Lipinski definition) is 3. The summed E-state index contributed by atoms with van der Waals surface area (Å²) in [4.78, 5) is 1.21. The third-order valence-corrected chi connectivity index (χ3v) is 9.73. The summed E-state index contributed by atoms with van der Waals surface area (Å²) in [6.07, 6.45) is 18.9. The molecular weight excluding hydrogens is 491 g/mol. The Labute approximate surface area is 235 Å². The van der Waals surface area contributed by atoms with Gasteiger partial charge in [-0.05, 0) is 60.1 Å². The first-order valence-corrected chi connectivity index (χ1v) is 16.2. The van der Waals surface area contributed by atoms with Gasteiger partial charge in [0.25, 0.3) is 0 Å². The topological polar surface area (TPSA) is 40.5 Å². The number of hydrogen-bond donors (Lipinski definition) is 2. The quantitative estimate of drug-likeness (QED) is 0.220. The van der Waals surface area contributed by atoms with Crippen molar-refractivity contribution in [1.29, 1.82) is 0 Å². The Hall–Kier alpha value is -1.68. The molecule has 212 valence electrons. The van der Waals surface area contributed by atoms with E-state index in [2.05, 4.69) is 32.0 Å². The minimum absolute atomic E-state index is 0.00321. The van der Waals surface area contributed by atoms with E-state index in [1.54, 1.807) is 12.1 Å². The first-order chi connectivity index (χ1) is 18.4. The Balaban J connectivity index is 0.00000124. The van der Waals surface area contributed by atoms with Crippen LogP contribution in [0.25, 0.3) is 0 Å². The first-order valence-electron chi connectivity index (χ1n) is 15.2. The third-order valence-electron chi connectivity index (χ3n) is 8.32. The van der Waals surface area contributed by atoms with E-state index in [1.165, 1.54) is 93.1 Å². The van der Waals surface area contributed by atoms with Crippen molar-refractivity contribution in [2.24, 2.45) is 5.92 Å². The summed E-state index contributed by atoms with van der Waals surface area (Å²) in [6, 6.07) is 13.6. The maximum absolute atomic E-state index is 12.2. The first kappa shape index (κ1) is 30.9. The molecule has 0 spiro atoms. The van der Waals surface area contributed by atoms with Gasteiger partial charge in [-0.3, -0.25) is 4.39 Å². The SMILES string of the molecule is C1CC1.CC(CCCCF)CCCCCCCCCC1c2ccc(O)cc2SC[C@]1(C)c1ccc(O)cc1. The summed E-state index contributed by atoms with van der Waals surface area (Å²) < 4.78 is 12.2. The molecule has 1 saturated carbocycles. The van der Waals surface area contributed by atoms with Crippen LogP contribution >= 0.6 is 11.8 Å². The molecule has 0 aromatic heterocycles. The molecule has 4 heteroatoms. The van der Waals surface area contributed by atoms with Gasteiger partial charge in [0.2, 0.25) is 0 Å². The molecule has 0 saturated heterocycles. The molecule has 4 rings (SSSR count). The van der Waals surface area contributed by atoms with Crippen molar-refractivity contribution in [2.75, 3.05) is 12.4 Å². The number of phenols is 2. The highest BCUT2D eigenvalue weighted by Crippen LogP contribution is 2.52. The average molecular weight is 543 g/mol. The summed E-state index contributed by atoms with van der Waals surface area (Å²) in [5, 5.41) is 19.8. The number of unbranched alkanes of at least 4 members (excludes halogenated alkanes) is 7. The normalized spacial score (nSPS) is 20.8. The molecule has 3 atom stereocenters. The second-order valence-electron chi connectivity index (χ2n) is 11.9. The number of thioether (sulfide) groups is 1. The average Bonchev–Trinajstić information content (AvgIpc) is 3.79. The van der Waals surface area contributed by atoms with E-state index in [1.807, 2.05) is 23.9 Å². The number of alkyl halides is 1. The number of halogens is 1. The Kier molecular flexibility index (Phi) is 13.3. The standard InChI is InChI=1S/C31H45FO2S.C3H6/c1-24(13-10-11-21-32)12-8-6-4-3-5-7-9-14-29-28-20-19-27(34)22-30(28)35-23-31(29,2)25-15-17-26(33)18-16-25;1-2-3-1/h15-20,22,24,29,33-34H,3-14,21,23H2,1-2H3;1-3H2/t24?,29?,31-;/m1./s1. The van der Waals surface area contributed by atoms with Gasteiger partial charge in [0, 0.05) is 16.1 Å². The van der Waals surface area contributed by atoms with Crippen LogP contribution in [-0.2, 0) is 5.41 Å². The second kappa shape index (κ2) is 16.4. The highest BCUT2D eigenvalue weighted by Gasteiger charge is 2.41. The van der Waals surface area contributed by atoms with Crippen LogP contribution in [-0.4, -0.2) is 22.6 Å². The summed E-state index contributed by atoms with van der Waals surface area (Å²) in [6.45, 7) is 4.51. The van der Waals surface area contributed by atoms with Crippen molar-refractivity contribution < 1.29 is 14.6 Å². The highest BCUT2D eigenvalue weighted by atomic mass is 32.2. The Morgan fingerprint density at radius 1 is 0.816 bits per heavy atom. The van der Waals surface area contributed by atoms with Crippen LogP contribution in [0, 0.1) is 5.92 Å². The van der Waals surface area contributed by atoms with Gasteiger partial charge in [-0.15, -0.1) is 11.8 Å². The molecule has 0 radical (unpaired) electrons. The number of benzene rings is 2. The lowest BCUT2D eigenvalue weighted by Crippen LogP contribution is -2.36. The zero-order valence-corrected chi connectivity index (χ0v) is 24.7. The summed E-state index contributed by atoms with van der Waals surface area (Å²) >= 11 is 1.84. The van der Waals surface area contributed by atoms with Crippen molar-refractivity contribution >= 4 is 11.8 Å². The van der Waals surface area contributed by atoms with Gasteiger partial charge in [-0.1, -0.05) is 116 Å². The van der Waals surface area contributed by atoms with Crippen molar-refractivity contribution in [1.82, 2.24) is 0 Å². The summed E-state index contributed by atoms with van der Waals surface area (Å²) in [5.41, 5.74) is 2.64. The zero-order valence-electron chi connectivity index (χ0n) is 23.9. The molecule has 2 nitrogen and oxygen atoms in total. The minimum atomic E-state index is -0.168. The molecular formula is C34H51FO2S. The molecule has 2 aliphatic rings. The van der Waals surface area contributed by atoms with Crippen LogP contribution in [0.4, 0.5) is 4.39 Å². The molecule has 0 bridgehead atoms. The molecule has 2 unspecified atom stereocenters. The minimum Gasteiger partial charge on any atom is -0.508 e. The second-order valence-corrected chi connectivity index (χ2v) is 12.9. The number of aromatic hydroxyl groups is 2. The lowest BCUT2D eigenvalue weighted by molar-refractivity contribution is 0.370. The predicted octanol–water partition coefficient (Wildman–Crippen LogP) is 10.7. The molecule has 1 fully saturated rings. The van der Waals surface area contributed by atoms with E-state index in [0.29, 0.717) is 17.4 Å². The van der Waals surface area contributed by atoms with E-state index in [4.69, 9.17) is 0 Å². The van der Waals surface area contributed by atoms with Crippen LogP contribution in [0.15, 0.2) is 47.4 Å². The van der Waals surface area contributed by atoms with Crippen molar-refractivity contribution in [3.8, 4) is 11.5 Å². The Bertz CT molecular complexity index is 926. The van der Waals surface area contributed by atoms with Crippen LogP contribution in [0.5, 0.6) is 11.5 Å². The highest BCUT2D eigenvalue weighted by molar-refractivity contribution is 7.99. The van der Waals surface area contributed by atoms with Gasteiger partial charge in [-0.25, -0.2) is 0 Å². The molecule has 1 aliphatic carbocycles. The van der Waals surface area contributed by atoms with Crippen molar-refractivity contribution in [2.45, 2.75) is 126 Å². The van der Waals surface area contributed by atoms with Gasteiger partial charge in [0.15, 0.2) is 0 Å². The molecule has 0 amide bonds.